The van der Waals surface area contributed by atoms with Crippen molar-refractivity contribution < 1.29 is 19.4 Å². The Morgan fingerprint density at radius 2 is 1.73 bits per heavy atom. The van der Waals surface area contributed by atoms with Crippen molar-refractivity contribution in [3.8, 4) is 11.5 Å². The number of nitrogens with one attached hydrogen (secondary N) is 3. The number of hydrogen-bond donors (Lipinski definition) is 4. The van der Waals surface area contributed by atoms with Gasteiger partial charge < -0.3 is 30.7 Å². The summed E-state index contributed by atoms with van der Waals surface area (Å²) in [4.78, 5) is 27.1. The number of phenolic OH excluding ortho intramolecular Hbond substituents is 1. The zero-order valence-electron chi connectivity index (χ0n) is 22.9. The lowest BCUT2D eigenvalue weighted by Gasteiger charge is -2.32. The lowest BCUT2D eigenvalue weighted by atomic mass is 10.1. The summed E-state index contributed by atoms with van der Waals surface area (Å²) in [5.74, 6) is 0.458. The molecule has 2 aromatic carbocycles. The number of nitrogens with zero attached hydrogens (tertiary/aromatic N) is 1. The van der Waals surface area contributed by atoms with E-state index in [1.165, 1.54) is 25.7 Å². The van der Waals surface area contributed by atoms with Crippen LogP contribution >= 0.6 is 23.2 Å². The molecule has 4 N–H and O–H groups in total. The van der Waals surface area contributed by atoms with Gasteiger partial charge in [-0.2, -0.15) is 0 Å². The van der Waals surface area contributed by atoms with E-state index in [1.54, 1.807) is 6.07 Å². The van der Waals surface area contributed by atoms with Crippen LogP contribution in [-0.2, 0) is 22.4 Å². The molecule has 2 aromatic rings. The molecule has 0 aromatic heterocycles. The molecule has 2 amide bonds. The number of amides is 2. The maximum Gasteiger partial charge on any atom is 0.262 e. The predicted molar refractivity (Wildman–Crippen MR) is 160 cm³/mol. The number of halogens is 2. The first-order chi connectivity index (χ1) is 19.4. The summed E-state index contributed by atoms with van der Waals surface area (Å²) in [6, 6.07) is 9.38. The van der Waals surface area contributed by atoms with Gasteiger partial charge in [-0.1, -0.05) is 61.0 Å². The van der Waals surface area contributed by atoms with Gasteiger partial charge in [-0.25, -0.2) is 0 Å². The lowest BCUT2D eigenvalue weighted by Crippen LogP contribution is -2.45. The topological polar surface area (TPSA) is 103 Å². The molecule has 0 radical (unpaired) electrons. The van der Waals surface area contributed by atoms with Gasteiger partial charge in [-0.3, -0.25) is 9.59 Å². The number of benzene rings is 2. The number of anilines is 1. The number of aromatic hydroxyl groups is 1. The van der Waals surface area contributed by atoms with Gasteiger partial charge in [0.15, 0.2) is 12.4 Å². The Balaban J connectivity index is 1.23. The average Bonchev–Trinajstić information content (AvgIpc) is 3.23. The summed E-state index contributed by atoms with van der Waals surface area (Å²) in [5, 5.41) is 20.7. The van der Waals surface area contributed by atoms with Gasteiger partial charge in [-0.15, -0.1) is 0 Å². The fourth-order valence-electron chi connectivity index (χ4n) is 5.43. The van der Waals surface area contributed by atoms with Gasteiger partial charge in [-0.05, 0) is 68.1 Å². The minimum atomic E-state index is -0.275. The van der Waals surface area contributed by atoms with E-state index in [9.17, 15) is 14.7 Å². The molecule has 1 fully saturated rings. The van der Waals surface area contributed by atoms with Crippen molar-refractivity contribution in [3.05, 3.63) is 51.5 Å². The Hall–Kier alpha value is -2.52. The quantitative estimate of drug-likeness (QED) is 0.150. The largest absolute Gasteiger partial charge is 0.506 e. The smallest absolute Gasteiger partial charge is 0.262 e. The highest BCUT2D eigenvalue weighted by Crippen LogP contribution is 2.39. The number of carbonyl (C=O) groups excluding carboxylic acids is 2. The highest BCUT2D eigenvalue weighted by molar-refractivity contribution is 6.42. The molecule has 0 bridgehead atoms. The number of phenols is 1. The van der Waals surface area contributed by atoms with Gasteiger partial charge in [0.05, 0.1) is 10.0 Å². The van der Waals surface area contributed by atoms with Gasteiger partial charge in [0, 0.05) is 32.1 Å². The monoisotopic (exact) mass is 590 g/mol. The van der Waals surface area contributed by atoms with Crippen molar-refractivity contribution in [2.75, 3.05) is 44.6 Å². The number of rotatable bonds is 13. The van der Waals surface area contributed by atoms with Crippen molar-refractivity contribution in [1.82, 2.24) is 15.5 Å². The Morgan fingerprint density at radius 3 is 2.50 bits per heavy atom. The van der Waals surface area contributed by atoms with Crippen LogP contribution in [0.5, 0.6) is 11.5 Å². The number of hydrogen-bond acceptors (Lipinski definition) is 6. The van der Waals surface area contributed by atoms with Crippen LogP contribution in [0, 0.1) is 0 Å². The summed E-state index contributed by atoms with van der Waals surface area (Å²) in [6.45, 7) is 3.42. The second kappa shape index (κ2) is 15.5. The summed E-state index contributed by atoms with van der Waals surface area (Å²) < 4.78 is 5.59. The molecule has 1 heterocycles. The van der Waals surface area contributed by atoms with Gasteiger partial charge >= 0.3 is 0 Å². The molecule has 4 rings (SSSR count). The third-order valence-corrected chi connectivity index (χ3v) is 8.34. The minimum absolute atomic E-state index is 0.00109. The second-order valence-corrected chi connectivity index (χ2v) is 11.3. The highest BCUT2D eigenvalue weighted by Gasteiger charge is 2.25. The number of fused-ring (bicyclic) bond motifs is 1. The molecule has 1 aliphatic heterocycles. The van der Waals surface area contributed by atoms with Crippen LogP contribution < -0.4 is 20.7 Å². The van der Waals surface area contributed by atoms with E-state index in [0.29, 0.717) is 66.5 Å². The number of carbonyl (C=O) groups is 2. The molecule has 2 aliphatic rings. The molecule has 0 saturated heterocycles. The molecule has 10 heteroatoms. The molecular formula is C30H40Cl2N4O4. The lowest BCUT2D eigenvalue weighted by molar-refractivity contribution is -0.133. The van der Waals surface area contributed by atoms with E-state index in [-0.39, 0.29) is 24.2 Å². The average molecular weight is 592 g/mol. The molecule has 8 nitrogen and oxygen atoms in total. The van der Waals surface area contributed by atoms with E-state index in [2.05, 4.69) is 20.9 Å². The van der Waals surface area contributed by atoms with Gasteiger partial charge in [0.25, 0.3) is 5.91 Å². The molecule has 1 saturated carbocycles. The first-order valence-corrected chi connectivity index (χ1v) is 15.1. The van der Waals surface area contributed by atoms with E-state index in [0.717, 1.165) is 36.9 Å². The first kappa shape index (κ1) is 30.4. The Bertz CT molecular complexity index is 1150. The number of ether oxygens (including phenoxy) is 1. The predicted octanol–water partition coefficient (Wildman–Crippen LogP) is 4.94. The molecule has 0 atom stereocenters. The van der Waals surface area contributed by atoms with Gasteiger partial charge in [0.1, 0.15) is 11.4 Å². The zero-order chi connectivity index (χ0) is 28.3. The maximum atomic E-state index is 13.3. The van der Waals surface area contributed by atoms with Crippen LogP contribution in [0.1, 0.15) is 56.1 Å². The summed E-state index contributed by atoms with van der Waals surface area (Å²) in [6.07, 6.45) is 8.94. The van der Waals surface area contributed by atoms with Crippen molar-refractivity contribution in [3.63, 3.8) is 0 Å². The third kappa shape index (κ3) is 8.74. The summed E-state index contributed by atoms with van der Waals surface area (Å²) in [7, 11) is 0. The fraction of sp³-hybridized carbons (Fsp3) is 0.533. The first-order valence-electron chi connectivity index (χ1n) is 14.3. The van der Waals surface area contributed by atoms with E-state index in [1.807, 2.05) is 24.3 Å². The third-order valence-electron chi connectivity index (χ3n) is 7.61. The Labute approximate surface area is 246 Å². The van der Waals surface area contributed by atoms with Crippen LogP contribution in [-0.4, -0.2) is 67.2 Å². The fourth-order valence-corrected chi connectivity index (χ4v) is 5.75. The SMILES string of the molecule is O=C1COc2c(CCNCCN(C(=O)CCNCCc3ccc(Cl)c(Cl)c3)C3CCCCCC3)ccc(O)c2N1. The van der Waals surface area contributed by atoms with Crippen molar-refractivity contribution in [1.29, 1.82) is 0 Å². The van der Waals surface area contributed by atoms with Crippen molar-refractivity contribution in [2.24, 2.45) is 0 Å². The molecule has 0 spiro atoms. The van der Waals surface area contributed by atoms with E-state index < -0.39 is 0 Å². The van der Waals surface area contributed by atoms with Gasteiger partial charge in [0.2, 0.25) is 5.91 Å². The second-order valence-electron chi connectivity index (χ2n) is 10.5. The molecule has 0 unspecified atom stereocenters. The molecule has 1 aliphatic carbocycles. The minimum Gasteiger partial charge on any atom is -0.506 e. The van der Waals surface area contributed by atoms with E-state index in [4.69, 9.17) is 27.9 Å². The highest BCUT2D eigenvalue weighted by atomic mass is 35.5. The van der Waals surface area contributed by atoms with Crippen molar-refractivity contribution >= 4 is 40.7 Å². The molecular weight excluding hydrogens is 551 g/mol. The maximum absolute atomic E-state index is 13.3. The van der Waals surface area contributed by atoms with Crippen LogP contribution in [0.4, 0.5) is 5.69 Å². The molecule has 218 valence electrons. The van der Waals surface area contributed by atoms with Crippen LogP contribution in [0.2, 0.25) is 10.0 Å². The van der Waals surface area contributed by atoms with Crippen LogP contribution in [0.3, 0.4) is 0 Å². The van der Waals surface area contributed by atoms with Crippen molar-refractivity contribution in [2.45, 2.75) is 63.8 Å². The Morgan fingerprint density at radius 1 is 0.975 bits per heavy atom. The van der Waals surface area contributed by atoms with E-state index >= 15 is 0 Å². The van der Waals surface area contributed by atoms with Crippen LogP contribution in [0.15, 0.2) is 30.3 Å². The standard InChI is InChI=1S/C30H40Cl2N4O4/c31-24-9-7-21(19-25(24)32)11-14-33-16-13-28(39)36(23-5-3-1-2-4-6-23)18-17-34-15-12-22-8-10-26(37)29-30(22)40-20-27(38)35-29/h7-10,19,23,33-34,37H,1-6,11-18,20H2,(H,35,38). The Kier molecular flexibility index (Phi) is 11.8. The summed E-state index contributed by atoms with van der Waals surface area (Å²) >= 11 is 12.1. The zero-order valence-corrected chi connectivity index (χ0v) is 24.5. The normalized spacial score (nSPS) is 15.6. The molecule has 40 heavy (non-hydrogen) atoms. The summed E-state index contributed by atoms with van der Waals surface area (Å²) in [5.41, 5.74) is 2.37. The van der Waals surface area contributed by atoms with Crippen LogP contribution in [0.25, 0.3) is 0 Å².